The molecule has 1 aromatic rings. The average molecular weight is 443 g/mol. The highest BCUT2D eigenvalue weighted by Crippen LogP contribution is 2.66. The van der Waals surface area contributed by atoms with E-state index in [1.165, 1.54) is 25.7 Å². The lowest BCUT2D eigenvalue weighted by atomic mass is 9.54. The molecule has 7 nitrogen and oxygen atoms in total. The van der Waals surface area contributed by atoms with Crippen molar-refractivity contribution in [1.82, 2.24) is 20.4 Å². The molecule has 1 heterocycles. The Labute approximate surface area is 191 Å². The molecule has 3 fully saturated rings. The van der Waals surface area contributed by atoms with Crippen molar-refractivity contribution in [2.24, 2.45) is 28.6 Å². The van der Waals surface area contributed by atoms with Crippen LogP contribution in [0.2, 0.25) is 0 Å². The van der Waals surface area contributed by atoms with E-state index in [4.69, 9.17) is 4.74 Å². The molecule has 3 saturated carbocycles. The van der Waals surface area contributed by atoms with E-state index in [0.717, 1.165) is 24.2 Å². The van der Waals surface area contributed by atoms with Crippen molar-refractivity contribution in [3.8, 4) is 5.88 Å². The first kappa shape index (κ1) is 22.9. The predicted molar refractivity (Wildman–Crippen MR) is 124 cm³/mol. The average Bonchev–Trinajstić information content (AvgIpc) is 3.20. The van der Waals surface area contributed by atoms with Crippen LogP contribution in [0.15, 0.2) is 12.3 Å². The highest BCUT2D eigenvalue weighted by molar-refractivity contribution is 5.96. The zero-order chi connectivity index (χ0) is 23.3. The molecule has 0 saturated heterocycles. The van der Waals surface area contributed by atoms with Crippen molar-refractivity contribution in [2.75, 3.05) is 7.05 Å². The smallest absolute Gasteiger partial charge is 0.258 e. The van der Waals surface area contributed by atoms with Gasteiger partial charge in [0, 0.05) is 19.3 Å². The van der Waals surface area contributed by atoms with Crippen molar-refractivity contribution >= 4 is 18.0 Å². The number of rotatable bonds is 7. The van der Waals surface area contributed by atoms with Crippen LogP contribution in [0.3, 0.4) is 0 Å². The van der Waals surface area contributed by atoms with E-state index in [2.05, 4.69) is 22.7 Å². The number of aromatic nitrogens is 2. The number of amides is 2. The third kappa shape index (κ3) is 3.95. The second kappa shape index (κ2) is 8.23. The van der Waals surface area contributed by atoms with E-state index in [1.807, 2.05) is 27.7 Å². The summed E-state index contributed by atoms with van der Waals surface area (Å²) in [6.45, 7) is 9.87. The van der Waals surface area contributed by atoms with Crippen LogP contribution in [0.25, 0.3) is 6.20 Å². The van der Waals surface area contributed by atoms with Gasteiger partial charge in [-0.3, -0.25) is 9.59 Å². The molecular formula is C25H38N4O3. The SMILES string of the molecule is CNC(=O)C(C)(C)/C=C/n1ncc(C(=O)NC2CC3CC4CC(C)CC32C4)c1OC(C)C. The maximum atomic E-state index is 13.3. The largest absolute Gasteiger partial charge is 0.474 e. The van der Waals surface area contributed by atoms with Crippen molar-refractivity contribution in [3.05, 3.63) is 17.8 Å². The monoisotopic (exact) mass is 442 g/mol. The number of nitrogens with one attached hydrogen (secondary N) is 2. The quantitative estimate of drug-likeness (QED) is 0.672. The van der Waals surface area contributed by atoms with Crippen LogP contribution < -0.4 is 15.4 Å². The van der Waals surface area contributed by atoms with E-state index in [-0.39, 0.29) is 24.0 Å². The first-order valence-electron chi connectivity index (χ1n) is 12.0. The number of nitrogens with zero attached hydrogens (tertiary/aromatic N) is 2. The molecule has 32 heavy (non-hydrogen) atoms. The Bertz CT molecular complexity index is 918. The van der Waals surface area contributed by atoms with Crippen LogP contribution in [0.1, 0.15) is 77.1 Å². The fraction of sp³-hybridized carbons (Fsp3) is 0.720. The highest BCUT2D eigenvalue weighted by Gasteiger charge is 2.62. The van der Waals surface area contributed by atoms with E-state index >= 15 is 0 Å². The summed E-state index contributed by atoms with van der Waals surface area (Å²) >= 11 is 0. The zero-order valence-corrected chi connectivity index (χ0v) is 20.3. The van der Waals surface area contributed by atoms with Crippen molar-refractivity contribution < 1.29 is 14.3 Å². The molecule has 5 unspecified atom stereocenters. The van der Waals surface area contributed by atoms with Crippen LogP contribution in [-0.2, 0) is 4.79 Å². The zero-order valence-electron chi connectivity index (χ0n) is 20.3. The molecule has 0 aliphatic heterocycles. The first-order valence-corrected chi connectivity index (χ1v) is 12.0. The van der Waals surface area contributed by atoms with Gasteiger partial charge in [-0.2, -0.15) is 5.10 Å². The van der Waals surface area contributed by atoms with E-state index < -0.39 is 5.41 Å². The fourth-order valence-electron chi connectivity index (χ4n) is 6.46. The molecule has 1 aromatic heterocycles. The molecule has 0 radical (unpaired) electrons. The van der Waals surface area contributed by atoms with Gasteiger partial charge in [-0.1, -0.05) is 13.0 Å². The molecule has 2 bridgehead atoms. The Morgan fingerprint density at radius 1 is 1.28 bits per heavy atom. The third-order valence-electron chi connectivity index (χ3n) is 7.87. The standard InChI is InChI=1S/C25H38N4O3/c1-15(2)32-22-19(14-27-29(22)8-7-24(4,5)23(31)26-6)21(30)28-20-11-18-10-17-9-16(3)12-25(18,20)13-17/h7-8,14-18,20H,9-13H2,1-6H3,(H,26,31)(H,28,30)/b8-7+. The summed E-state index contributed by atoms with van der Waals surface area (Å²) in [5.41, 5.74) is 0.0267. The molecule has 3 aliphatic carbocycles. The van der Waals surface area contributed by atoms with E-state index in [0.29, 0.717) is 16.9 Å². The molecule has 2 N–H and O–H groups in total. The van der Waals surface area contributed by atoms with Crippen LogP contribution >= 0.6 is 0 Å². The van der Waals surface area contributed by atoms with Gasteiger partial charge in [0.05, 0.1) is 17.7 Å². The van der Waals surface area contributed by atoms with Gasteiger partial charge in [-0.05, 0) is 83.0 Å². The van der Waals surface area contributed by atoms with Gasteiger partial charge >= 0.3 is 0 Å². The Balaban J connectivity index is 1.53. The Morgan fingerprint density at radius 2 is 2.03 bits per heavy atom. The summed E-state index contributed by atoms with van der Waals surface area (Å²) in [4.78, 5) is 25.4. The lowest BCUT2D eigenvalue weighted by Crippen LogP contribution is -2.59. The van der Waals surface area contributed by atoms with E-state index in [9.17, 15) is 9.59 Å². The maximum absolute atomic E-state index is 13.3. The van der Waals surface area contributed by atoms with Crippen LogP contribution in [0.5, 0.6) is 5.88 Å². The lowest BCUT2D eigenvalue weighted by molar-refractivity contribution is -0.126. The number of ether oxygens (including phenoxy) is 1. The summed E-state index contributed by atoms with van der Waals surface area (Å²) in [6.07, 6.45) is 11.2. The number of hydrogen-bond donors (Lipinski definition) is 2. The van der Waals surface area contributed by atoms with Crippen LogP contribution in [-0.4, -0.2) is 40.8 Å². The van der Waals surface area contributed by atoms with Crippen molar-refractivity contribution in [3.63, 3.8) is 0 Å². The first-order chi connectivity index (χ1) is 15.1. The molecule has 3 aliphatic rings. The number of carbonyl (C=O) groups is 2. The second-order valence-corrected chi connectivity index (χ2v) is 11.1. The fourth-order valence-corrected chi connectivity index (χ4v) is 6.46. The minimum absolute atomic E-state index is 0.0967. The summed E-state index contributed by atoms with van der Waals surface area (Å²) in [5, 5.41) is 10.4. The lowest BCUT2D eigenvalue weighted by Gasteiger charge is -2.55. The number of fused-ring (bicyclic) bond motifs is 1. The van der Waals surface area contributed by atoms with Crippen LogP contribution in [0, 0.1) is 28.6 Å². The molecule has 1 spiro atoms. The van der Waals surface area contributed by atoms with Gasteiger partial charge in [0.2, 0.25) is 11.8 Å². The number of carbonyl (C=O) groups excluding carboxylic acids is 2. The highest BCUT2D eigenvalue weighted by atomic mass is 16.5. The van der Waals surface area contributed by atoms with Crippen molar-refractivity contribution in [1.29, 1.82) is 0 Å². The van der Waals surface area contributed by atoms with E-state index in [1.54, 1.807) is 30.2 Å². The normalized spacial score (nSPS) is 31.3. The maximum Gasteiger partial charge on any atom is 0.258 e. The molecule has 2 amide bonds. The van der Waals surface area contributed by atoms with Gasteiger partial charge in [0.15, 0.2) is 0 Å². The molecule has 4 rings (SSSR count). The Morgan fingerprint density at radius 3 is 2.72 bits per heavy atom. The Hall–Kier alpha value is -2.31. The molecule has 5 atom stereocenters. The molecular weight excluding hydrogens is 404 g/mol. The summed E-state index contributed by atoms with van der Waals surface area (Å²) in [6, 6.07) is 0.241. The summed E-state index contributed by atoms with van der Waals surface area (Å²) in [7, 11) is 1.62. The van der Waals surface area contributed by atoms with Crippen molar-refractivity contribution in [2.45, 2.75) is 78.9 Å². The second-order valence-electron chi connectivity index (χ2n) is 11.1. The predicted octanol–water partition coefficient (Wildman–Crippen LogP) is 3.86. The minimum atomic E-state index is -0.713. The third-order valence-corrected chi connectivity index (χ3v) is 7.87. The summed E-state index contributed by atoms with van der Waals surface area (Å²) < 4.78 is 7.55. The molecule has 7 heteroatoms. The molecule has 0 aromatic carbocycles. The summed E-state index contributed by atoms with van der Waals surface area (Å²) in [5.74, 6) is 2.55. The van der Waals surface area contributed by atoms with Gasteiger partial charge in [-0.15, -0.1) is 0 Å². The van der Waals surface area contributed by atoms with Gasteiger partial charge in [0.25, 0.3) is 5.91 Å². The Kier molecular flexibility index (Phi) is 5.88. The van der Waals surface area contributed by atoms with Gasteiger partial charge in [0.1, 0.15) is 5.56 Å². The van der Waals surface area contributed by atoms with Crippen LogP contribution in [0.4, 0.5) is 0 Å². The number of hydrogen-bond acceptors (Lipinski definition) is 4. The topological polar surface area (TPSA) is 85.2 Å². The van der Waals surface area contributed by atoms with Gasteiger partial charge < -0.3 is 15.4 Å². The molecule has 176 valence electrons. The van der Waals surface area contributed by atoms with Gasteiger partial charge in [-0.25, -0.2) is 4.68 Å². The minimum Gasteiger partial charge on any atom is -0.474 e.